The summed E-state index contributed by atoms with van der Waals surface area (Å²) in [5.74, 6) is -1.01. The number of rotatable bonds is 4. The molecule has 0 aliphatic carbocycles. The molecule has 0 fully saturated rings. The molecule has 6 nitrogen and oxygen atoms in total. The van der Waals surface area contributed by atoms with E-state index in [1.54, 1.807) is 11.5 Å². The molecule has 0 aliphatic heterocycles. The predicted octanol–water partition coefficient (Wildman–Crippen LogP) is 2.90. The van der Waals surface area contributed by atoms with Crippen molar-refractivity contribution in [3.63, 3.8) is 0 Å². The van der Waals surface area contributed by atoms with Gasteiger partial charge in [0.2, 0.25) is 5.91 Å². The van der Waals surface area contributed by atoms with E-state index in [9.17, 15) is 14.4 Å². The largest absolute Gasteiger partial charge is 0.453 e. The summed E-state index contributed by atoms with van der Waals surface area (Å²) >= 11 is 1.18. The van der Waals surface area contributed by atoms with Crippen molar-refractivity contribution in [3.05, 3.63) is 59.0 Å². The second kappa shape index (κ2) is 7.90. The molecule has 118 valence electrons. The molecule has 0 saturated carbocycles. The Hall–Kier alpha value is -2.93. The highest BCUT2D eigenvalue weighted by Crippen LogP contribution is 2.23. The first-order valence-corrected chi connectivity index (χ1v) is 7.49. The summed E-state index contributed by atoms with van der Waals surface area (Å²) in [4.78, 5) is 34.9. The normalized spacial score (nSPS) is 10.3. The Morgan fingerprint density at radius 1 is 1.13 bits per heavy atom. The number of ether oxygens (including phenoxy) is 1. The number of anilines is 1. The van der Waals surface area contributed by atoms with E-state index >= 15 is 0 Å². The molecule has 1 heterocycles. The molecule has 0 aliphatic rings. The second-order valence-corrected chi connectivity index (χ2v) is 5.26. The summed E-state index contributed by atoms with van der Waals surface area (Å²) in [7, 11) is 1.16. The molecular weight excluding hydrogens is 316 g/mol. The van der Waals surface area contributed by atoms with Gasteiger partial charge in [-0.25, -0.2) is 4.79 Å². The average Bonchev–Trinajstić information content (AvgIpc) is 3.02. The van der Waals surface area contributed by atoms with E-state index in [0.29, 0.717) is 5.00 Å². The Labute approximate surface area is 136 Å². The van der Waals surface area contributed by atoms with Crippen molar-refractivity contribution in [1.82, 2.24) is 5.32 Å². The van der Waals surface area contributed by atoms with Crippen LogP contribution in [0.4, 0.5) is 9.80 Å². The Morgan fingerprint density at radius 3 is 2.57 bits per heavy atom. The van der Waals surface area contributed by atoms with Gasteiger partial charge in [0.15, 0.2) is 0 Å². The summed E-state index contributed by atoms with van der Waals surface area (Å²) in [6.45, 7) is 0. The van der Waals surface area contributed by atoms with E-state index in [1.807, 2.05) is 35.6 Å². The van der Waals surface area contributed by atoms with Gasteiger partial charge in [0.25, 0.3) is 5.91 Å². The average molecular weight is 330 g/mol. The van der Waals surface area contributed by atoms with Crippen molar-refractivity contribution in [3.8, 4) is 0 Å². The first-order chi connectivity index (χ1) is 11.1. The minimum Gasteiger partial charge on any atom is -0.453 e. The quantitative estimate of drug-likeness (QED) is 0.844. The van der Waals surface area contributed by atoms with E-state index in [-0.39, 0.29) is 11.5 Å². The van der Waals surface area contributed by atoms with Crippen LogP contribution in [0.1, 0.15) is 15.9 Å². The van der Waals surface area contributed by atoms with Crippen LogP contribution in [-0.2, 0) is 9.53 Å². The number of imide groups is 1. The lowest BCUT2D eigenvalue weighted by molar-refractivity contribution is -0.111. The molecule has 2 N–H and O–H groups in total. The van der Waals surface area contributed by atoms with Gasteiger partial charge in [-0.05, 0) is 23.1 Å². The molecule has 3 amide bonds. The Kier molecular flexibility index (Phi) is 5.65. The highest BCUT2D eigenvalue weighted by molar-refractivity contribution is 7.14. The van der Waals surface area contributed by atoms with Crippen LogP contribution in [0.2, 0.25) is 0 Å². The third-order valence-electron chi connectivity index (χ3n) is 2.77. The fraction of sp³-hybridized carbons (Fsp3) is 0.0625. The van der Waals surface area contributed by atoms with Crippen molar-refractivity contribution in [2.24, 2.45) is 0 Å². The standard InChI is InChI=1S/C16H14N2O4S/c1-22-16(21)18-14(20)12-9-10-23-15(12)17-13(19)8-7-11-5-3-2-4-6-11/h2-10H,1H3,(H,17,19)(H,18,20,21). The van der Waals surface area contributed by atoms with Gasteiger partial charge in [-0.1, -0.05) is 30.3 Å². The maximum atomic E-state index is 11.9. The number of hydrogen-bond donors (Lipinski definition) is 2. The number of nitrogens with one attached hydrogen (secondary N) is 2. The molecular formula is C16H14N2O4S. The number of methoxy groups -OCH3 is 1. The molecule has 1 aromatic heterocycles. The van der Waals surface area contributed by atoms with Gasteiger partial charge in [0, 0.05) is 6.08 Å². The summed E-state index contributed by atoms with van der Waals surface area (Å²) < 4.78 is 4.36. The molecule has 2 aromatic rings. The minimum atomic E-state index is -0.859. The Balaban J connectivity index is 2.02. The number of carbonyl (C=O) groups is 3. The van der Waals surface area contributed by atoms with Gasteiger partial charge in [-0.15, -0.1) is 11.3 Å². The van der Waals surface area contributed by atoms with Crippen LogP contribution in [0.3, 0.4) is 0 Å². The van der Waals surface area contributed by atoms with Crippen LogP contribution in [0.15, 0.2) is 47.9 Å². The minimum absolute atomic E-state index is 0.196. The maximum absolute atomic E-state index is 11.9. The van der Waals surface area contributed by atoms with Gasteiger partial charge in [-0.2, -0.15) is 0 Å². The summed E-state index contributed by atoms with van der Waals surface area (Å²) in [6.07, 6.45) is 2.18. The SMILES string of the molecule is COC(=O)NC(=O)c1ccsc1NC(=O)C=Cc1ccccc1. The van der Waals surface area contributed by atoms with E-state index in [4.69, 9.17) is 0 Å². The maximum Gasteiger partial charge on any atom is 0.413 e. The lowest BCUT2D eigenvalue weighted by Gasteiger charge is -2.04. The van der Waals surface area contributed by atoms with Crippen molar-refractivity contribution < 1.29 is 19.1 Å². The van der Waals surface area contributed by atoms with Crippen molar-refractivity contribution in [1.29, 1.82) is 0 Å². The summed E-state index contributed by atoms with van der Waals surface area (Å²) in [6, 6.07) is 10.9. The first-order valence-electron chi connectivity index (χ1n) is 6.61. The fourth-order valence-corrected chi connectivity index (χ4v) is 2.47. The molecule has 0 bridgehead atoms. The van der Waals surface area contributed by atoms with E-state index in [2.05, 4.69) is 10.1 Å². The smallest absolute Gasteiger partial charge is 0.413 e. The fourth-order valence-electron chi connectivity index (χ4n) is 1.69. The number of benzene rings is 1. The van der Waals surface area contributed by atoms with Gasteiger partial charge in [0.05, 0.1) is 12.7 Å². The van der Waals surface area contributed by atoms with Crippen LogP contribution in [0.5, 0.6) is 0 Å². The zero-order valence-corrected chi connectivity index (χ0v) is 13.1. The second-order valence-electron chi connectivity index (χ2n) is 4.34. The number of alkyl carbamates (subject to hydrolysis) is 1. The predicted molar refractivity (Wildman–Crippen MR) is 88.3 cm³/mol. The molecule has 7 heteroatoms. The monoisotopic (exact) mass is 330 g/mol. The third-order valence-corrected chi connectivity index (χ3v) is 3.60. The third kappa shape index (κ3) is 4.79. The van der Waals surface area contributed by atoms with E-state index in [0.717, 1.165) is 12.7 Å². The van der Waals surface area contributed by atoms with Crippen molar-refractivity contribution in [2.75, 3.05) is 12.4 Å². The van der Waals surface area contributed by atoms with Crippen LogP contribution in [0, 0.1) is 0 Å². The topological polar surface area (TPSA) is 84.5 Å². The first kappa shape index (κ1) is 16.4. The highest BCUT2D eigenvalue weighted by Gasteiger charge is 2.16. The Morgan fingerprint density at radius 2 is 1.87 bits per heavy atom. The van der Waals surface area contributed by atoms with Gasteiger partial charge in [-0.3, -0.25) is 14.9 Å². The molecule has 0 radical (unpaired) electrons. The molecule has 0 atom stereocenters. The summed E-state index contributed by atoms with van der Waals surface area (Å²) in [5, 5.41) is 6.65. The van der Waals surface area contributed by atoms with Crippen LogP contribution in [-0.4, -0.2) is 25.0 Å². The van der Waals surface area contributed by atoms with Gasteiger partial charge < -0.3 is 10.1 Å². The number of carbonyl (C=O) groups excluding carboxylic acids is 3. The lowest BCUT2D eigenvalue weighted by Crippen LogP contribution is -2.30. The molecule has 1 aromatic carbocycles. The van der Waals surface area contributed by atoms with E-state index in [1.165, 1.54) is 23.5 Å². The number of thiophene rings is 1. The van der Waals surface area contributed by atoms with E-state index < -0.39 is 12.0 Å². The van der Waals surface area contributed by atoms with Crippen LogP contribution in [0.25, 0.3) is 6.08 Å². The van der Waals surface area contributed by atoms with Crippen molar-refractivity contribution >= 4 is 40.3 Å². The van der Waals surface area contributed by atoms with Gasteiger partial charge in [0.1, 0.15) is 5.00 Å². The zero-order valence-electron chi connectivity index (χ0n) is 12.2. The molecule has 2 rings (SSSR count). The highest BCUT2D eigenvalue weighted by atomic mass is 32.1. The Bertz CT molecular complexity index is 738. The summed E-state index contributed by atoms with van der Waals surface area (Å²) in [5.41, 5.74) is 1.08. The molecule has 0 saturated heterocycles. The lowest BCUT2D eigenvalue weighted by atomic mass is 10.2. The number of amides is 3. The molecule has 23 heavy (non-hydrogen) atoms. The van der Waals surface area contributed by atoms with Gasteiger partial charge >= 0.3 is 6.09 Å². The van der Waals surface area contributed by atoms with Crippen molar-refractivity contribution in [2.45, 2.75) is 0 Å². The van der Waals surface area contributed by atoms with Crippen LogP contribution < -0.4 is 10.6 Å². The molecule has 0 unspecified atom stereocenters. The number of hydrogen-bond acceptors (Lipinski definition) is 5. The van der Waals surface area contributed by atoms with Crippen LogP contribution >= 0.6 is 11.3 Å². The molecule has 0 spiro atoms. The zero-order chi connectivity index (χ0) is 16.7.